The molecule has 1 aliphatic heterocycles. The molecule has 0 bridgehead atoms. The number of phosphoric acid groups is 2. The molecule has 14 nitrogen and oxygen atoms in total. The Morgan fingerprint density at radius 1 is 0.531 bits per heavy atom. The van der Waals surface area contributed by atoms with Crippen LogP contribution in [0, 0.1) is 0 Å². The van der Waals surface area contributed by atoms with E-state index in [1.54, 1.807) is 0 Å². The third kappa shape index (κ3) is 39.1. The maximum atomic E-state index is 12.7. The zero-order valence-corrected chi connectivity index (χ0v) is 39.8. The minimum Gasteiger partial charge on any atom is -0.462 e. The average molecular weight is 939 g/mol. The van der Waals surface area contributed by atoms with E-state index in [-0.39, 0.29) is 12.8 Å². The van der Waals surface area contributed by atoms with Gasteiger partial charge in [-0.2, -0.15) is 0 Å². The number of carbonyl (C=O) groups excluding carboxylic acids is 2. The summed E-state index contributed by atoms with van der Waals surface area (Å²) in [6.45, 7) is 1.39. The van der Waals surface area contributed by atoms with Crippen LogP contribution in [0.15, 0.2) is 109 Å². The number of unbranched alkanes of at least 4 members (excludes halogenated alkanes) is 4. The van der Waals surface area contributed by atoms with Crippen molar-refractivity contribution in [3.05, 3.63) is 109 Å². The molecule has 16 heteroatoms. The van der Waals surface area contributed by atoms with Crippen molar-refractivity contribution in [2.75, 3.05) is 26.4 Å². The Bertz CT molecular complexity index is 1610. The van der Waals surface area contributed by atoms with Crippen molar-refractivity contribution >= 4 is 27.6 Å². The quantitative estimate of drug-likeness (QED) is 0.0148. The molecule has 0 aromatic carbocycles. The van der Waals surface area contributed by atoms with Crippen molar-refractivity contribution in [3.63, 3.8) is 0 Å². The molecule has 0 aromatic rings. The van der Waals surface area contributed by atoms with Crippen LogP contribution in [0.3, 0.4) is 0 Å². The van der Waals surface area contributed by atoms with Crippen LogP contribution < -0.4 is 0 Å². The number of allylic oxidation sites excluding steroid dienone is 16. The van der Waals surface area contributed by atoms with Gasteiger partial charge in [0, 0.05) is 12.8 Å². The fraction of sp³-hybridized carbons (Fsp3) is 0.583. The number of carbonyl (C=O) groups is 2. The van der Waals surface area contributed by atoms with E-state index in [9.17, 15) is 28.7 Å². The molecule has 1 rings (SSSR count). The SMILES string of the molecule is CC/C=C\C/C=C\C/C=C\C/C=C\CCCCCCC(=O)OC[C@H](COP(=O)(O)OC[C@@H](O)COP(=O)(O)O)OC(=O)CC/C=C\C/C=C\C/C=C\C/C=C\CC1OC1C/C=C\CC. The van der Waals surface area contributed by atoms with E-state index in [0.29, 0.717) is 31.5 Å². The van der Waals surface area contributed by atoms with Crippen LogP contribution in [-0.4, -0.2) is 82.6 Å². The molecule has 3 unspecified atom stereocenters. The van der Waals surface area contributed by atoms with Gasteiger partial charge in [0.1, 0.15) is 12.7 Å². The Morgan fingerprint density at radius 2 is 0.984 bits per heavy atom. The first kappa shape index (κ1) is 58.8. The van der Waals surface area contributed by atoms with E-state index in [1.165, 1.54) is 0 Å². The number of rotatable bonds is 40. The second kappa shape index (κ2) is 39.0. The summed E-state index contributed by atoms with van der Waals surface area (Å²) >= 11 is 0. The fourth-order valence-corrected chi connectivity index (χ4v) is 6.74. The van der Waals surface area contributed by atoms with Crippen LogP contribution in [0.25, 0.3) is 0 Å². The Labute approximate surface area is 382 Å². The number of phosphoric ester groups is 2. The molecule has 1 fully saturated rings. The van der Waals surface area contributed by atoms with Gasteiger partial charge in [0.2, 0.25) is 0 Å². The minimum absolute atomic E-state index is 0.00961. The first-order valence-electron chi connectivity index (χ1n) is 22.7. The maximum absolute atomic E-state index is 12.7. The molecule has 1 aliphatic rings. The highest BCUT2D eigenvalue weighted by molar-refractivity contribution is 7.47. The summed E-state index contributed by atoms with van der Waals surface area (Å²) in [6, 6.07) is 0. The van der Waals surface area contributed by atoms with Gasteiger partial charge < -0.3 is 34.0 Å². The monoisotopic (exact) mass is 938 g/mol. The van der Waals surface area contributed by atoms with Crippen LogP contribution in [0.2, 0.25) is 0 Å². The summed E-state index contributed by atoms with van der Waals surface area (Å²) in [5.74, 6) is -1.17. The van der Waals surface area contributed by atoms with E-state index >= 15 is 0 Å². The largest absolute Gasteiger partial charge is 0.472 e. The van der Waals surface area contributed by atoms with E-state index in [4.69, 9.17) is 28.5 Å². The molecule has 1 heterocycles. The summed E-state index contributed by atoms with van der Waals surface area (Å²) in [5.41, 5.74) is 0. The first-order valence-corrected chi connectivity index (χ1v) is 25.7. The predicted molar refractivity (Wildman–Crippen MR) is 252 cm³/mol. The number of ether oxygens (including phenoxy) is 3. The third-order valence-corrected chi connectivity index (χ3v) is 10.5. The maximum Gasteiger partial charge on any atom is 0.472 e. The standard InChI is InChI=1S/C48H76O14P2/c1-3-5-7-8-9-10-11-12-13-14-15-16-20-23-26-29-33-37-47(50)57-41-44(42-60-64(55,56)59-40-43(49)39-58-63(52,53)54)61-48(51)38-34-30-27-24-21-18-17-19-22-25-28-32-36-46-45(62-46)35-31-6-4-2/h5-7,9-10,12-13,15-16,18-19,21-22,27-28,30-32,43-46,49H,3-4,8,11,14,17,20,23-26,29,33-42H2,1-2H3,(H,55,56)(H2,52,53,54)/b7-5-,10-9-,13-12-,16-15-,21-18-,22-19-,30-27-,31-6-,32-28-/t43-,44+,45?,46?/m0/s1. The topological polar surface area (TPSA) is 208 Å². The van der Waals surface area contributed by atoms with Gasteiger partial charge >= 0.3 is 27.6 Å². The molecule has 0 radical (unpaired) electrons. The Balaban J connectivity index is 2.42. The summed E-state index contributed by atoms with van der Waals surface area (Å²) < 4.78 is 53.4. The first-order chi connectivity index (χ1) is 30.8. The lowest BCUT2D eigenvalue weighted by Crippen LogP contribution is -2.29. The molecule has 1 saturated heterocycles. The van der Waals surface area contributed by atoms with E-state index in [0.717, 1.165) is 83.5 Å². The summed E-state index contributed by atoms with van der Waals surface area (Å²) in [4.78, 5) is 52.8. The number of aliphatic hydroxyl groups excluding tert-OH is 1. The number of esters is 2. The number of aliphatic hydroxyl groups is 1. The van der Waals surface area contributed by atoms with Gasteiger partial charge in [0.15, 0.2) is 6.10 Å². The molecule has 362 valence electrons. The van der Waals surface area contributed by atoms with E-state index in [2.05, 4.69) is 114 Å². The zero-order valence-electron chi connectivity index (χ0n) is 38.0. The van der Waals surface area contributed by atoms with Crippen LogP contribution in [-0.2, 0) is 46.5 Å². The Kier molecular flexibility index (Phi) is 35.8. The molecular weight excluding hydrogens is 862 g/mol. The highest BCUT2D eigenvalue weighted by atomic mass is 31.2. The molecule has 0 aliphatic carbocycles. The second-order valence-corrected chi connectivity index (χ2v) is 17.6. The number of hydrogen-bond acceptors (Lipinski definition) is 11. The molecular formula is C48H76O14P2. The summed E-state index contributed by atoms with van der Waals surface area (Å²) in [5, 5.41) is 9.76. The normalized spacial score (nSPS) is 18.1. The lowest BCUT2D eigenvalue weighted by Gasteiger charge is -2.20. The second-order valence-electron chi connectivity index (χ2n) is 14.9. The molecule has 0 saturated carbocycles. The van der Waals surface area contributed by atoms with E-state index < -0.39 is 66.2 Å². The van der Waals surface area contributed by atoms with Gasteiger partial charge in [0.05, 0.1) is 32.0 Å². The molecule has 0 aromatic heterocycles. The van der Waals surface area contributed by atoms with Gasteiger partial charge in [-0.05, 0) is 89.9 Å². The summed E-state index contributed by atoms with van der Waals surface area (Å²) in [6.07, 6.45) is 49.9. The van der Waals surface area contributed by atoms with Crippen molar-refractivity contribution in [2.24, 2.45) is 0 Å². The molecule has 64 heavy (non-hydrogen) atoms. The van der Waals surface area contributed by atoms with Gasteiger partial charge in [-0.3, -0.25) is 23.2 Å². The lowest BCUT2D eigenvalue weighted by atomic mass is 10.1. The highest BCUT2D eigenvalue weighted by Gasteiger charge is 2.36. The third-order valence-electron chi connectivity index (χ3n) is 9.06. The van der Waals surface area contributed by atoms with Crippen molar-refractivity contribution < 1.29 is 66.3 Å². The lowest BCUT2D eigenvalue weighted by molar-refractivity contribution is -0.161. The van der Waals surface area contributed by atoms with Crippen LogP contribution in [0.4, 0.5) is 0 Å². The number of epoxide rings is 1. The van der Waals surface area contributed by atoms with Gasteiger partial charge in [-0.15, -0.1) is 0 Å². The average Bonchev–Trinajstić information content (AvgIpc) is 4.01. The van der Waals surface area contributed by atoms with Crippen molar-refractivity contribution in [3.8, 4) is 0 Å². The number of hydrogen-bond donors (Lipinski definition) is 4. The zero-order chi connectivity index (χ0) is 47.0. The van der Waals surface area contributed by atoms with Crippen molar-refractivity contribution in [1.29, 1.82) is 0 Å². The van der Waals surface area contributed by atoms with Gasteiger partial charge in [-0.25, -0.2) is 9.13 Å². The molecule has 5 atom stereocenters. The van der Waals surface area contributed by atoms with Crippen LogP contribution in [0.1, 0.15) is 129 Å². The molecule has 0 amide bonds. The minimum atomic E-state index is -4.88. The predicted octanol–water partition coefficient (Wildman–Crippen LogP) is 10.9. The van der Waals surface area contributed by atoms with Crippen LogP contribution >= 0.6 is 15.6 Å². The van der Waals surface area contributed by atoms with Crippen molar-refractivity contribution in [2.45, 2.75) is 154 Å². The Morgan fingerprint density at radius 3 is 1.55 bits per heavy atom. The van der Waals surface area contributed by atoms with Crippen molar-refractivity contribution in [1.82, 2.24) is 0 Å². The van der Waals surface area contributed by atoms with Gasteiger partial charge in [-0.1, -0.05) is 136 Å². The van der Waals surface area contributed by atoms with E-state index in [1.807, 2.05) is 18.2 Å². The smallest absolute Gasteiger partial charge is 0.462 e. The fourth-order valence-electron chi connectivity index (χ4n) is 5.58. The summed E-state index contributed by atoms with van der Waals surface area (Å²) in [7, 11) is -9.73. The highest BCUT2D eigenvalue weighted by Crippen LogP contribution is 2.44. The molecule has 0 spiro atoms. The Hall–Kier alpha value is -3.26. The molecule has 4 N–H and O–H groups in total. The van der Waals surface area contributed by atoms with Gasteiger partial charge in [0.25, 0.3) is 0 Å². The van der Waals surface area contributed by atoms with Crippen LogP contribution in [0.5, 0.6) is 0 Å².